The van der Waals surface area contributed by atoms with Gasteiger partial charge in [0.2, 0.25) is 0 Å². The molecule has 1 aliphatic rings. The Bertz CT molecular complexity index is 1080. The molecule has 7 heteroatoms. The van der Waals surface area contributed by atoms with Gasteiger partial charge in [-0.25, -0.2) is 14.4 Å². The summed E-state index contributed by atoms with van der Waals surface area (Å²) < 4.78 is 22.1. The Balaban J connectivity index is 1.46. The predicted octanol–water partition coefficient (Wildman–Crippen LogP) is 3.86. The first-order valence-electron chi connectivity index (χ1n) is 10.3. The molecule has 1 aliphatic heterocycles. The lowest BCUT2D eigenvalue weighted by Gasteiger charge is -2.23. The highest BCUT2D eigenvalue weighted by atomic mass is 16.6. The number of rotatable bonds is 7. The second-order valence-electron chi connectivity index (χ2n) is 7.25. The summed E-state index contributed by atoms with van der Waals surface area (Å²) >= 11 is 0. The first-order chi connectivity index (χ1) is 16.1. The van der Waals surface area contributed by atoms with E-state index in [0.717, 1.165) is 0 Å². The van der Waals surface area contributed by atoms with Gasteiger partial charge in [0.15, 0.2) is 12.2 Å². The smallest absolute Gasteiger partial charge is 0.338 e. The Hall–Kier alpha value is -3.97. The minimum Gasteiger partial charge on any atom is -0.459 e. The van der Waals surface area contributed by atoms with Crippen molar-refractivity contribution in [2.75, 3.05) is 6.61 Å². The zero-order valence-electron chi connectivity index (χ0n) is 17.5. The van der Waals surface area contributed by atoms with Crippen molar-refractivity contribution in [2.45, 2.75) is 18.3 Å². The Labute approximate surface area is 190 Å². The Morgan fingerprint density at radius 1 is 0.636 bits per heavy atom. The highest BCUT2D eigenvalue weighted by Gasteiger charge is 2.44. The fourth-order valence-corrected chi connectivity index (χ4v) is 3.26. The van der Waals surface area contributed by atoms with Crippen molar-refractivity contribution in [3.05, 3.63) is 114 Å². The minimum atomic E-state index is -1.01. The van der Waals surface area contributed by atoms with Crippen LogP contribution in [0.1, 0.15) is 31.1 Å². The van der Waals surface area contributed by atoms with Crippen LogP contribution >= 0.6 is 0 Å². The Morgan fingerprint density at radius 3 is 1.61 bits per heavy atom. The molecular weight excluding hydrogens is 424 g/mol. The molecule has 1 heterocycles. The quantitative estimate of drug-likeness (QED) is 0.403. The number of hydrogen-bond donors (Lipinski definition) is 0. The lowest BCUT2D eigenvalue weighted by molar-refractivity contribution is -0.0431. The zero-order valence-corrected chi connectivity index (χ0v) is 17.5. The molecule has 1 fully saturated rings. The molecule has 0 unspecified atom stereocenters. The molecule has 4 rings (SSSR count). The van der Waals surface area contributed by atoms with E-state index in [0.29, 0.717) is 16.7 Å². The number of carbonyl (C=O) groups excluding carboxylic acids is 3. The van der Waals surface area contributed by atoms with Gasteiger partial charge in [0, 0.05) is 0 Å². The number of hydrogen-bond acceptors (Lipinski definition) is 7. The largest absolute Gasteiger partial charge is 0.459 e. The van der Waals surface area contributed by atoms with Crippen LogP contribution in [-0.2, 0) is 18.9 Å². The number of benzene rings is 3. The molecule has 3 aromatic rings. The van der Waals surface area contributed by atoms with E-state index < -0.39 is 36.2 Å². The summed E-state index contributed by atoms with van der Waals surface area (Å²) in [7, 11) is 0. The topological polar surface area (TPSA) is 88.1 Å². The molecule has 3 aromatic carbocycles. The number of ether oxygens (including phenoxy) is 4. The number of carbonyl (C=O) groups is 3. The summed E-state index contributed by atoms with van der Waals surface area (Å²) in [5.41, 5.74) is 1.06. The lowest BCUT2D eigenvalue weighted by atomic mass is 10.1. The van der Waals surface area contributed by atoms with Crippen molar-refractivity contribution in [3.63, 3.8) is 0 Å². The Kier molecular flexibility index (Phi) is 7.12. The predicted molar refractivity (Wildman–Crippen MR) is 117 cm³/mol. The van der Waals surface area contributed by atoms with Gasteiger partial charge < -0.3 is 18.9 Å². The maximum absolute atomic E-state index is 12.7. The third kappa shape index (κ3) is 5.64. The van der Waals surface area contributed by atoms with E-state index >= 15 is 0 Å². The summed E-state index contributed by atoms with van der Waals surface area (Å²) in [5.74, 6) is -1.75. The van der Waals surface area contributed by atoms with Gasteiger partial charge in [-0.3, -0.25) is 0 Å². The minimum absolute atomic E-state index is 0.198. The van der Waals surface area contributed by atoms with E-state index in [9.17, 15) is 14.4 Å². The molecule has 167 valence electrons. The van der Waals surface area contributed by atoms with Crippen molar-refractivity contribution in [3.8, 4) is 0 Å². The zero-order chi connectivity index (χ0) is 23.0. The first-order valence-corrected chi connectivity index (χ1v) is 10.3. The summed E-state index contributed by atoms with van der Waals surface area (Å²) in [6, 6.07) is 25.3. The number of esters is 3. The van der Waals surface area contributed by atoms with Crippen molar-refractivity contribution in [1.82, 2.24) is 0 Å². The van der Waals surface area contributed by atoms with E-state index in [4.69, 9.17) is 18.9 Å². The molecule has 0 amide bonds. The van der Waals surface area contributed by atoms with Crippen molar-refractivity contribution >= 4 is 17.9 Å². The van der Waals surface area contributed by atoms with E-state index in [1.165, 1.54) is 6.61 Å². The molecular formula is C26H21O7. The van der Waals surface area contributed by atoms with Crippen LogP contribution < -0.4 is 0 Å². The van der Waals surface area contributed by atoms with Crippen LogP contribution in [-0.4, -0.2) is 42.8 Å². The van der Waals surface area contributed by atoms with Crippen LogP contribution in [0.5, 0.6) is 0 Å². The van der Waals surface area contributed by atoms with Gasteiger partial charge in [-0.2, -0.15) is 0 Å². The van der Waals surface area contributed by atoms with Crippen LogP contribution in [0.2, 0.25) is 0 Å². The fraction of sp³-hybridized carbons (Fsp3) is 0.154. The standard InChI is InChI=1S/C26H21O7/c27-24(18-10-4-1-5-11-18)31-16-21-23(33-26(29)20-14-8-3-9-15-20)22(17-30-21)32-25(28)19-12-6-2-7-13-19/h1-15,17,21-23H,16H2/t21-,22-,23-/m1/s1. The molecule has 0 saturated carbocycles. The highest BCUT2D eigenvalue weighted by Crippen LogP contribution is 2.26. The van der Waals surface area contributed by atoms with E-state index in [2.05, 4.69) is 0 Å². The third-order valence-corrected chi connectivity index (χ3v) is 4.97. The van der Waals surface area contributed by atoms with Gasteiger partial charge >= 0.3 is 17.9 Å². The second-order valence-corrected chi connectivity index (χ2v) is 7.25. The van der Waals surface area contributed by atoms with Crippen LogP contribution in [0.15, 0.2) is 91.0 Å². The van der Waals surface area contributed by atoms with Crippen molar-refractivity contribution < 1.29 is 33.3 Å². The highest BCUT2D eigenvalue weighted by molar-refractivity contribution is 5.91. The monoisotopic (exact) mass is 445 g/mol. The van der Waals surface area contributed by atoms with Gasteiger partial charge in [-0.1, -0.05) is 54.6 Å². The van der Waals surface area contributed by atoms with Gasteiger partial charge in [0.25, 0.3) is 0 Å². The average molecular weight is 445 g/mol. The van der Waals surface area contributed by atoms with Crippen LogP contribution in [0.4, 0.5) is 0 Å². The first kappa shape index (κ1) is 22.2. The summed E-state index contributed by atoms with van der Waals surface area (Å²) in [4.78, 5) is 37.5. The van der Waals surface area contributed by atoms with Gasteiger partial charge in [-0.05, 0) is 36.4 Å². The van der Waals surface area contributed by atoms with Crippen molar-refractivity contribution in [2.24, 2.45) is 0 Å². The van der Waals surface area contributed by atoms with E-state index in [1.807, 2.05) is 0 Å². The Morgan fingerprint density at radius 2 is 1.09 bits per heavy atom. The van der Waals surface area contributed by atoms with Crippen molar-refractivity contribution in [1.29, 1.82) is 0 Å². The van der Waals surface area contributed by atoms with E-state index in [1.54, 1.807) is 91.0 Å². The third-order valence-electron chi connectivity index (χ3n) is 4.97. The lowest BCUT2D eigenvalue weighted by Crippen LogP contribution is -2.40. The molecule has 0 aliphatic carbocycles. The molecule has 0 N–H and O–H groups in total. The van der Waals surface area contributed by atoms with Gasteiger partial charge in [-0.15, -0.1) is 0 Å². The summed E-state index contributed by atoms with van der Waals surface area (Å²) in [6.07, 6.45) is -2.83. The van der Waals surface area contributed by atoms with Crippen LogP contribution in [0.3, 0.4) is 0 Å². The maximum Gasteiger partial charge on any atom is 0.338 e. The normalized spacial score (nSPS) is 19.5. The molecule has 0 spiro atoms. The van der Waals surface area contributed by atoms with Gasteiger partial charge in [0.1, 0.15) is 19.3 Å². The molecule has 0 bridgehead atoms. The molecule has 7 nitrogen and oxygen atoms in total. The molecule has 0 aromatic heterocycles. The second kappa shape index (κ2) is 10.6. The van der Waals surface area contributed by atoms with E-state index in [-0.39, 0.29) is 6.61 Å². The maximum atomic E-state index is 12.7. The van der Waals surface area contributed by atoms with Gasteiger partial charge in [0.05, 0.1) is 16.7 Å². The SMILES string of the molecule is O=C(OC[C@H]1O[CH][C@@H](OC(=O)c2ccccc2)[C@@H]1OC(=O)c1ccccc1)c1ccccc1. The average Bonchev–Trinajstić information content (AvgIpc) is 3.24. The molecule has 3 atom stereocenters. The fourth-order valence-electron chi connectivity index (χ4n) is 3.26. The summed E-state index contributed by atoms with van der Waals surface area (Å²) in [5, 5.41) is 0. The molecule has 33 heavy (non-hydrogen) atoms. The summed E-state index contributed by atoms with van der Waals surface area (Å²) in [6.45, 7) is 1.08. The van der Waals surface area contributed by atoms with Crippen LogP contribution in [0.25, 0.3) is 0 Å². The van der Waals surface area contributed by atoms with Crippen LogP contribution in [0, 0.1) is 6.61 Å². The molecule has 1 saturated heterocycles. The molecule has 1 radical (unpaired) electrons.